The summed E-state index contributed by atoms with van der Waals surface area (Å²) in [6.07, 6.45) is 2.07. The molecular weight excluding hydrogens is 472 g/mol. The Labute approximate surface area is 215 Å². The molecule has 1 N–H and O–H groups in total. The van der Waals surface area contributed by atoms with Crippen LogP contribution in [-0.2, 0) is 6.54 Å². The summed E-state index contributed by atoms with van der Waals surface area (Å²) in [5, 5.41) is 8.53. The molecule has 2 heterocycles. The fourth-order valence-corrected chi connectivity index (χ4v) is 5.02. The standard InChI is InChI=1S/C28H26N4OS2/c1-18-8-7-11-22(16-18)26-30-27(33-31-26)24-19(2)32(17-20-9-5-4-6-10-20)28(34)29-25(24)21-12-14-23(35-3)15-13-21/h4-16,25H,17H2,1-3H3,(H,29,34). The van der Waals surface area contributed by atoms with Crippen molar-refractivity contribution in [2.75, 3.05) is 6.26 Å². The molecule has 176 valence electrons. The van der Waals surface area contributed by atoms with Crippen LogP contribution in [0.15, 0.2) is 94.0 Å². The van der Waals surface area contributed by atoms with Gasteiger partial charge in [-0.2, -0.15) is 4.98 Å². The van der Waals surface area contributed by atoms with Crippen LogP contribution in [0.25, 0.3) is 17.0 Å². The third-order valence-corrected chi connectivity index (χ3v) is 7.24. The van der Waals surface area contributed by atoms with Crippen LogP contribution < -0.4 is 5.32 Å². The topological polar surface area (TPSA) is 54.2 Å². The van der Waals surface area contributed by atoms with Gasteiger partial charge >= 0.3 is 0 Å². The molecule has 35 heavy (non-hydrogen) atoms. The van der Waals surface area contributed by atoms with E-state index in [2.05, 4.69) is 84.0 Å². The summed E-state index contributed by atoms with van der Waals surface area (Å²) in [5.41, 5.74) is 6.27. The van der Waals surface area contributed by atoms with Crippen LogP contribution in [-0.4, -0.2) is 26.4 Å². The van der Waals surface area contributed by atoms with Gasteiger partial charge in [-0.3, -0.25) is 0 Å². The second-order valence-electron chi connectivity index (χ2n) is 8.52. The minimum atomic E-state index is -0.198. The molecule has 5 nitrogen and oxygen atoms in total. The summed E-state index contributed by atoms with van der Waals surface area (Å²) in [4.78, 5) is 8.13. The van der Waals surface area contributed by atoms with E-state index in [1.807, 2.05) is 30.3 Å². The van der Waals surface area contributed by atoms with Gasteiger partial charge in [0.15, 0.2) is 5.11 Å². The SMILES string of the molecule is CSc1ccc(C2NC(=S)N(Cc3ccccc3)C(C)=C2c2nc(-c3cccc(C)c3)no2)cc1. The quantitative estimate of drug-likeness (QED) is 0.236. The number of hydrogen-bond acceptors (Lipinski definition) is 5. The average Bonchev–Trinajstić information content (AvgIpc) is 3.37. The molecule has 7 heteroatoms. The lowest BCUT2D eigenvalue weighted by Crippen LogP contribution is -2.45. The number of aryl methyl sites for hydroxylation is 1. The molecule has 0 saturated heterocycles. The number of thioether (sulfide) groups is 1. The number of nitrogens with zero attached hydrogens (tertiary/aromatic N) is 3. The van der Waals surface area contributed by atoms with Crippen molar-refractivity contribution >= 4 is 34.7 Å². The fraction of sp³-hybridized carbons (Fsp3) is 0.179. The molecule has 0 radical (unpaired) electrons. The first kappa shape index (κ1) is 23.3. The molecule has 1 unspecified atom stereocenters. The Kier molecular flexibility index (Phi) is 6.70. The van der Waals surface area contributed by atoms with Gasteiger partial charge in [0.05, 0.1) is 11.6 Å². The molecule has 3 aromatic carbocycles. The predicted octanol–water partition coefficient (Wildman–Crippen LogP) is 6.63. The fourth-order valence-electron chi connectivity index (χ4n) is 4.30. The van der Waals surface area contributed by atoms with Gasteiger partial charge in [0.2, 0.25) is 5.82 Å². The summed E-state index contributed by atoms with van der Waals surface area (Å²) >= 11 is 7.56. The summed E-state index contributed by atoms with van der Waals surface area (Å²) in [7, 11) is 0. The van der Waals surface area contributed by atoms with Crippen molar-refractivity contribution in [3.63, 3.8) is 0 Å². The predicted molar refractivity (Wildman–Crippen MR) is 146 cm³/mol. The first-order chi connectivity index (χ1) is 17.0. The van der Waals surface area contributed by atoms with E-state index in [4.69, 9.17) is 21.7 Å². The van der Waals surface area contributed by atoms with Crippen LogP contribution in [0.2, 0.25) is 0 Å². The third-order valence-electron chi connectivity index (χ3n) is 6.16. The van der Waals surface area contributed by atoms with Crippen LogP contribution in [0.4, 0.5) is 0 Å². The molecule has 1 aromatic heterocycles. The second kappa shape index (κ2) is 10.1. The summed E-state index contributed by atoms with van der Waals surface area (Å²) < 4.78 is 5.87. The Balaban J connectivity index is 1.59. The van der Waals surface area contributed by atoms with Crippen molar-refractivity contribution in [1.29, 1.82) is 0 Å². The smallest absolute Gasteiger partial charge is 0.258 e. The normalized spacial score (nSPS) is 15.9. The van der Waals surface area contributed by atoms with Crippen molar-refractivity contribution in [2.24, 2.45) is 0 Å². The minimum absolute atomic E-state index is 0.198. The molecule has 1 aliphatic rings. The molecule has 0 saturated carbocycles. The van der Waals surface area contributed by atoms with Crippen molar-refractivity contribution in [3.8, 4) is 11.4 Å². The van der Waals surface area contributed by atoms with E-state index in [0.717, 1.165) is 28.0 Å². The molecule has 1 atom stereocenters. The van der Waals surface area contributed by atoms with Crippen LogP contribution in [0.3, 0.4) is 0 Å². The van der Waals surface area contributed by atoms with Crippen LogP contribution >= 0.6 is 24.0 Å². The zero-order valence-corrected chi connectivity index (χ0v) is 21.5. The number of thiocarbonyl (C=S) groups is 1. The van der Waals surface area contributed by atoms with Gasteiger partial charge in [0, 0.05) is 22.7 Å². The van der Waals surface area contributed by atoms with Gasteiger partial charge in [0.25, 0.3) is 5.89 Å². The number of rotatable bonds is 6. The number of nitrogens with one attached hydrogen (secondary N) is 1. The molecule has 5 rings (SSSR count). The molecule has 0 aliphatic carbocycles. The number of aromatic nitrogens is 2. The highest BCUT2D eigenvalue weighted by Gasteiger charge is 2.34. The van der Waals surface area contributed by atoms with Crippen molar-refractivity contribution in [1.82, 2.24) is 20.4 Å². The summed E-state index contributed by atoms with van der Waals surface area (Å²) in [5.74, 6) is 1.06. The van der Waals surface area contributed by atoms with Crippen LogP contribution in [0.5, 0.6) is 0 Å². The maximum atomic E-state index is 5.87. The first-order valence-electron chi connectivity index (χ1n) is 11.4. The Bertz CT molecular complexity index is 1380. The summed E-state index contributed by atoms with van der Waals surface area (Å²) in [6.45, 7) is 4.78. The molecule has 0 amide bonds. The van der Waals surface area contributed by atoms with Crippen LogP contribution in [0.1, 0.15) is 35.5 Å². The lowest BCUT2D eigenvalue weighted by atomic mass is 9.94. The van der Waals surface area contributed by atoms with E-state index in [1.165, 1.54) is 10.5 Å². The molecular formula is C28H26N4OS2. The van der Waals surface area contributed by atoms with Gasteiger partial charge in [-0.25, -0.2) is 0 Å². The molecule has 1 aliphatic heterocycles. The Morgan fingerprint density at radius 2 is 1.77 bits per heavy atom. The third kappa shape index (κ3) is 4.88. The van der Waals surface area contributed by atoms with Gasteiger partial charge in [0.1, 0.15) is 0 Å². The largest absolute Gasteiger partial charge is 0.351 e. The second-order valence-corrected chi connectivity index (χ2v) is 9.79. The van der Waals surface area contributed by atoms with Crippen molar-refractivity contribution in [3.05, 3.63) is 107 Å². The van der Waals surface area contributed by atoms with E-state index in [1.54, 1.807) is 11.8 Å². The highest BCUT2D eigenvalue weighted by Crippen LogP contribution is 2.38. The number of hydrogen-bond donors (Lipinski definition) is 1. The minimum Gasteiger partial charge on any atom is -0.351 e. The monoisotopic (exact) mass is 498 g/mol. The molecule has 0 fully saturated rings. The highest BCUT2D eigenvalue weighted by molar-refractivity contribution is 7.98. The molecule has 0 spiro atoms. The zero-order valence-electron chi connectivity index (χ0n) is 19.9. The van der Waals surface area contributed by atoms with Gasteiger partial charge in [-0.15, -0.1) is 11.8 Å². The average molecular weight is 499 g/mol. The highest BCUT2D eigenvalue weighted by atomic mass is 32.2. The van der Waals surface area contributed by atoms with E-state index >= 15 is 0 Å². The molecule has 0 bridgehead atoms. The van der Waals surface area contributed by atoms with Gasteiger partial charge in [-0.05, 0) is 61.6 Å². The van der Waals surface area contributed by atoms with E-state index in [-0.39, 0.29) is 6.04 Å². The van der Waals surface area contributed by atoms with Gasteiger partial charge in [-0.1, -0.05) is 71.4 Å². The summed E-state index contributed by atoms with van der Waals surface area (Å²) in [6, 6.07) is 26.7. The first-order valence-corrected chi connectivity index (χ1v) is 13.0. The Hall–Kier alpha value is -3.42. The lowest BCUT2D eigenvalue weighted by Gasteiger charge is -2.37. The Morgan fingerprint density at radius 1 is 1.00 bits per heavy atom. The number of benzene rings is 3. The zero-order chi connectivity index (χ0) is 24.4. The molecule has 4 aromatic rings. The number of allylic oxidation sites excluding steroid dienone is 1. The van der Waals surface area contributed by atoms with Crippen LogP contribution in [0, 0.1) is 6.92 Å². The Morgan fingerprint density at radius 3 is 2.49 bits per heavy atom. The van der Waals surface area contributed by atoms with E-state index in [0.29, 0.717) is 23.4 Å². The lowest BCUT2D eigenvalue weighted by molar-refractivity contribution is 0.396. The van der Waals surface area contributed by atoms with E-state index in [9.17, 15) is 0 Å². The van der Waals surface area contributed by atoms with Crippen molar-refractivity contribution < 1.29 is 4.52 Å². The van der Waals surface area contributed by atoms with Crippen molar-refractivity contribution in [2.45, 2.75) is 31.3 Å². The maximum absolute atomic E-state index is 5.87. The maximum Gasteiger partial charge on any atom is 0.258 e. The van der Waals surface area contributed by atoms with Gasteiger partial charge < -0.3 is 14.7 Å². The van der Waals surface area contributed by atoms with E-state index < -0.39 is 0 Å².